The van der Waals surface area contributed by atoms with Crippen LogP contribution in [0.2, 0.25) is 0 Å². The molecule has 3 aromatic rings. The molecule has 0 atom stereocenters. The highest BCUT2D eigenvalue weighted by Crippen LogP contribution is 2.17. The fraction of sp³-hybridized carbons (Fsp3) is 0.0667. The number of aryl methyl sites for hydroxylation is 1. The van der Waals surface area contributed by atoms with E-state index in [1.165, 1.54) is 24.3 Å². The predicted octanol–water partition coefficient (Wildman–Crippen LogP) is 2.73. The highest BCUT2D eigenvalue weighted by molar-refractivity contribution is 6.00. The Morgan fingerprint density at radius 2 is 1.95 bits per heavy atom. The van der Waals surface area contributed by atoms with Crippen molar-refractivity contribution < 1.29 is 13.6 Å². The van der Waals surface area contributed by atoms with Gasteiger partial charge in [-0.05, 0) is 36.8 Å². The van der Waals surface area contributed by atoms with Crippen LogP contribution >= 0.6 is 0 Å². The molecule has 0 fully saturated rings. The van der Waals surface area contributed by atoms with Crippen LogP contribution in [0.5, 0.6) is 0 Å². The molecule has 1 aromatic heterocycles. The number of hydrogen-bond acceptors (Lipinski definition) is 3. The third-order valence-corrected chi connectivity index (χ3v) is 3.04. The van der Waals surface area contributed by atoms with Crippen molar-refractivity contribution >= 4 is 17.0 Å². The van der Waals surface area contributed by atoms with Gasteiger partial charge in [0.2, 0.25) is 0 Å². The Labute approximate surface area is 113 Å². The van der Waals surface area contributed by atoms with Gasteiger partial charge < -0.3 is 4.42 Å². The molecule has 0 aliphatic heterocycles. The zero-order valence-electron chi connectivity index (χ0n) is 10.6. The predicted molar refractivity (Wildman–Crippen MR) is 71.3 cm³/mol. The summed E-state index contributed by atoms with van der Waals surface area (Å²) in [4.78, 5) is 24.2. The number of benzene rings is 2. The molecule has 0 saturated carbocycles. The van der Waals surface area contributed by atoms with Crippen molar-refractivity contribution in [3.8, 4) is 0 Å². The van der Waals surface area contributed by atoms with Gasteiger partial charge in [-0.3, -0.25) is 4.79 Å². The summed E-state index contributed by atoms with van der Waals surface area (Å²) in [6.45, 7) is 1.83. The fourth-order valence-electron chi connectivity index (χ4n) is 2.07. The second kappa shape index (κ2) is 4.45. The Hall–Kier alpha value is -2.69. The topological polar surface area (TPSA) is 52.2 Å². The first-order valence-electron chi connectivity index (χ1n) is 5.99. The van der Waals surface area contributed by atoms with Gasteiger partial charge in [-0.1, -0.05) is 18.2 Å². The van der Waals surface area contributed by atoms with E-state index < -0.39 is 17.5 Å². The van der Waals surface area contributed by atoms with Crippen LogP contribution in [-0.2, 0) is 0 Å². The summed E-state index contributed by atoms with van der Waals surface area (Å²) in [7, 11) is 0. The van der Waals surface area contributed by atoms with Gasteiger partial charge in [0.15, 0.2) is 5.58 Å². The molecule has 1 heterocycles. The van der Waals surface area contributed by atoms with Crippen LogP contribution in [0.3, 0.4) is 0 Å². The van der Waals surface area contributed by atoms with E-state index in [1.54, 1.807) is 18.2 Å². The van der Waals surface area contributed by atoms with Crippen molar-refractivity contribution in [3.05, 3.63) is 70.0 Å². The molecule has 0 amide bonds. The van der Waals surface area contributed by atoms with Gasteiger partial charge in [0.1, 0.15) is 5.82 Å². The molecule has 0 aliphatic rings. The summed E-state index contributed by atoms with van der Waals surface area (Å²) in [5.74, 6) is -2.23. The van der Waals surface area contributed by atoms with Crippen LogP contribution in [-0.4, -0.2) is 10.5 Å². The van der Waals surface area contributed by atoms with Gasteiger partial charge in [-0.25, -0.2) is 13.8 Å². The lowest BCUT2D eigenvalue weighted by molar-refractivity contribution is 0.0952. The van der Waals surface area contributed by atoms with E-state index in [1.807, 2.05) is 6.92 Å². The molecule has 100 valence electrons. The van der Waals surface area contributed by atoms with Gasteiger partial charge in [0.25, 0.3) is 5.91 Å². The van der Waals surface area contributed by atoms with E-state index in [9.17, 15) is 14.0 Å². The summed E-state index contributed by atoms with van der Waals surface area (Å²) in [5.41, 5.74) is 1.33. The first-order valence-corrected chi connectivity index (χ1v) is 5.99. The van der Waals surface area contributed by atoms with E-state index in [2.05, 4.69) is 0 Å². The lowest BCUT2D eigenvalue weighted by atomic mass is 10.2. The van der Waals surface area contributed by atoms with E-state index in [0.717, 1.165) is 10.1 Å². The minimum Gasteiger partial charge on any atom is -0.407 e. The Morgan fingerprint density at radius 1 is 1.20 bits per heavy atom. The molecule has 0 N–H and O–H groups in total. The zero-order valence-corrected chi connectivity index (χ0v) is 10.6. The second-order valence-corrected chi connectivity index (χ2v) is 4.46. The molecular weight excluding hydrogens is 261 g/mol. The lowest BCUT2D eigenvalue weighted by Crippen LogP contribution is -2.24. The van der Waals surface area contributed by atoms with Crippen LogP contribution in [0.15, 0.2) is 51.7 Å². The van der Waals surface area contributed by atoms with E-state index in [4.69, 9.17) is 4.42 Å². The van der Waals surface area contributed by atoms with Crippen LogP contribution in [0, 0.1) is 12.7 Å². The maximum absolute atomic E-state index is 13.7. The number of carbonyl (C=O) groups is 1. The van der Waals surface area contributed by atoms with Crippen molar-refractivity contribution in [1.82, 2.24) is 4.57 Å². The normalized spacial score (nSPS) is 10.9. The maximum atomic E-state index is 13.7. The minimum atomic E-state index is -0.821. The summed E-state index contributed by atoms with van der Waals surface area (Å²) < 4.78 is 19.5. The first-order chi connectivity index (χ1) is 9.58. The summed E-state index contributed by atoms with van der Waals surface area (Å²) in [6.07, 6.45) is 0. The average Bonchev–Trinajstić information content (AvgIpc) is 2.74. The number of carbonyl (C=O) groups excluding carboxylic acids is 1. The Balaban J connectivity index is 2.27. The second-order valence-electron chi connectivity index (χ2n) is 4.46. The molecular formula is C15H10FNO3. The van der Waals surface area contributed by atoms with Gasteiger partial charge >= 0.3 is 5.76 Å². The number of nitrogens with zero attached hydrogens (tertiary/aromatic N) is 1. The Morgan fingerprint density at radius 3 is 2.70 bits per heavy atom. The van der Waals surface area contributed by atoms with Crippen molar-refractivity contribution in [2.24, 2.45) is 0 Å². The molecule has 3 rings (SSSR count). The third kappa shape index (κ3) is 1.84. The quantitative estimate of drug-likeness (QED) is 0.683. The summed E-state index contributed by atoms with van der Waals surface area (Å²) in [5, 5.41) is 0. The zero-order chi connectivity index (χ0) is 14.3. The van der Waals surface area contributed by atoms with E-state index >= 15 is 0 Å². The molecule has 0 radical (unpaired) electrons. The van der Waals surface area contributed by atoms with Crippen molar-refractivity contribution in [1.29, 1.82) is 0 Å². The molecule has 0 saturated heterocycles. The highest BCUT2D eigenvalue weighted by Gasteiger charge is 2.20. The number of halogens is 1. The van der Waals surface area contributed by atoms with Gasteiger partial charge in [-0.15, -0.1) is 0 Å². The third-order valence-electron chi connectivity index (χ3n) is 3.04. The smallest absolute Gasteiger partial charge is 0.407 e. The molecule has 0 spiro atoms. The number of aromatic nitrogens is 1. The summed E-state index contributed by atoms with van der Waals surface area (Å²) >= 11 is 0. The van der Waals surface area contributed by atoms with Crippen molar-refractivity contribution in [2.75, 3.05) is 0 Å². The fourth-order valence-corrected chi connectivity index (χ4v) is 2.07. The Bertz CT molecular complexity index is 876. The van der Waals surface area contributed by atoms with E-state index in [-0.39, 0.29) is 5.56 Å². The van der Waals surface area contributed by atoms with E-state index in [0.29, 0.717) is 11.1 Å². The molecule has 0 aliphatic carbocycles. The summed E-state index contributed by atoms with van der Waals surface area (Å²) in [6, 6.07) is 10.5. The molecule has 2 aromatic carbocycles. The highest BCUT2D eigenvalue weighted by atomic mass is 19.1. The molecule has 4 nitrogen and oxygen atoms in total. The van der Waals surface area contributed by atoms with Crippen LogP contribution in [0.25, 0.3) is 11.1 Å². The van der Waals surface area contributed by atoms with Crippen LogP contribution < -0.4 is 5.76 Å². The molecule has 0 bridgehead atoms. The molecule has 5 heteroatoms. The average molecular weight is 271 g/mol. The monoisotopic (exact) mass is 271 g/mol. The lowest BCUT2D eigenvalue weighted by Gasteiger charge is -2.02. The first kappa shape index (κ1) is 12.3. The maximum Gasteiger partial charge on any atom is 0.427 e. The number of hydrogen-bond donors (Lipinski definition) is 0. The molecule has 20 heavy (non-hydrogen) atoms. The SMILES string of the molecule is Cc1ccc2oc(=O)n(C(=O)c3ccccc3F)c2c1. The van der Waals surface area contributed by atoms with Crippen LogP contribution in [0.4, 0.5) is 4.39 Å². The van der Waals surface area contributed by atoms with Crippen molar-refractivity contribution in [2.45, 2.75) is 6.92 Å². The van der Waals surface area contributed by atoms with Gasteiger partial charge in [0, 0.05) is 0 Å². The van der Waals surface area contributed by atoms with Crippen LogP contribution in [0.1, 0.15) is 15.9 Å². The number of rotatable bonds is 1. The minimum absolute atomic E-state index is 0.168. The number of oxazole rings is 1. The van der Waals surface area contributed by atoms with Gasteiger partial charge in [0.05, 0.1) is 11.1 Å². The molecule has 0 unspecified atom stereocenters. The number of fused-ring (bicyclic) bond motifs is 1. The standard InChI is InChI=1S/C15H10FNO3/c1-9-6-7-13-12(8-9)17(15(19)20-13)14(18)10-4-2-3-5-11(10)16/h2-8H,1H3. The largest absolute Gasteiger partial charge is 0.427 e. The van der Waals surface area contributed by atoms with Crippen molar-refractivity contribution in [3.63, 3.8) is 0 Å². The Kier molecular flexibility index (Phi) is 2.75. The van der Waals surface area contributed by atoms with Gasteiger partial charge in [-0.2, -0.15) is 0 Å².